The Labute approximate surface area is 93.4 Å². The molecule has 0 spiro atoms. The maximum Gasteiger partial charge on any atom is 0.302 e. The van der Waals surface area contributed by atoms with Crippen LogP contribution in [-0.4, -0.2) is 28.1 Å². The lowest BCUT2D eigenvalue weighted by atomic mass is 9.97. The second kappa shape index (κ2) is 4.47. The molecule has 5 heteroatoms. The highest BCUT2D eigenvalue weighted by molar-refractivity contribution is 5.97. The van der Waals surface area contributed by atoms with Gasteiger partial charge in [0.15, 0.2) is 5.78 Å². The zero-order valence-electron chi connectivity index (χ0n) is 9.23. The van der Waals surface area contributed by atoms with E-state index < -0.39 is 0 Å². The van der Waals surface area contributed by atoms with Crippen LogP contribution in [0.5, 0.6) is 0 Å². The van der Waals surface area contributed by atoms with Crippen molar-refractivity contribution >= 4 is 11.8 Å². The number of ether oxygens (including phenoxy) is 1. The van der Waals surface area contributed by atoms with Gasteiger partial charge in [-0.05, 0) is 12.8 Å². The average molecular weight is 222 g/mol. The van der Waals surface area contributed by atoms with Gasteiger partial charge in [0.2, 0.25) is 0 Å². The quantitative estimate of drug-likeness (QED) is 0.715. The number of nitrogens with zero attached hydrogens (tertiary/aromatic N) is 2. The van der Waals surface area contributed by atoms with E-state index in [0.29, 0.717) is 19.6 Å². The standard InChI is InChI=1S/C11H14N2O3/c1-8(14)16-6-5-13-10-3-2-4-11(15)9(10)7-12-13/h7H,2-6H2,1H3. The van der Waals surface area contributed by atoms with Crippen LogP contribution in [0.15, 0.2) is 6.20 Å². The van der Waals surface area contributed by atoms with Crippen molar-refractivity contribution in [3.63, 3.8) is 0 Å². The van der Waals surface area contributed by atoms with Gasteiger partial charge in [-0.3, -0.25) is 14.3 Å². The fraction of sp³-hybridized carbons (Fsp3) is 0.545. The molecule has 86 valence electrons. The zero-order chi connectivity index (χ0) is 11.5. The van der Waals surface area contributed by atoms with E-state index in [9.17, 15) is 9.59 Å². The van der Waals surface area contributed by atoms with E-state index in [2.05, 4.69) is 5.10 Å². The van der Waals surface area contributed by atoms with Crippen molar-refractivity contribution in [1.29, 1.82) is 0 Å². The van der Waals surface area contributed by atoms with E-state index in [1.54, 1.807) is 10.9 Å². The highest BCUT2D eigenvalue weighted by atomic mass is 16.5. The third kappa shape index (κ3) is 2.13. The van der Waals surface area contributed by atoms with E-state index in [1.165, 1.54) is 6.92 Å². The van der Waals surface area contributed by atoms with Crippen LogP contribution in [0.3, 0.4) is 0 Å². The van der Waals surface area contributed by atoms with Crippen molar-refractivity contribution in [2.75, 3.05) is 6.61 Å². The van der Waals surface area contributed by atoms with Gasteiger partial charge in [0, 0.05) is 19.0 Å². The Morgan fingerprint density at radius 1 is 1.56 bits per heavy atom. The monoisotopic (exact) mass is 222 g/mol. The Kier molecular flexibility index (Phi) is 3.03. The normalized spacial score (nSPS) is 14.7. The summed E-state index contributed by atoms with van der Waals surface area (Å²) in [5, 5.41) is 4.15. The maximum atomic E-state index is 11.5. The summed E-state index contributed by atoms with van der Waals surface area (Å²) in [6.07, 6.45) is 3.99. The average Bonchev–Trinajstić information content (AvgIpc) is 2.63. The van der Waals surface area contributed by atoms with Crippen molar-refractivity contribution in [3.8, 4) is 0 Å². The number of esters is 1. The first-order valence-electron chi connectivity index (χ1n) is 5.39. The SMILES string of the molecule is CC(=O)OCCn1ncc2c1CCCC2=O. The van der Waals surface area contributed by atoms with Gasteiger partial charge in [0.1, 0.15) is 6.61 Å². The van der Waals surface area contributed by atoms with Crippen LogP contribution in [0.4, 0.5) is 0 Å². The molecule has 0 aromatic carbocycles. The van der Waals surface area contributed by atoms with Crippen LogP contribution in [0, 0.1) is 0 Å². The molecule has 1 heterocycles. The molecular weight excluding hydrogens is 208 g/mol. The van der Waals surface area contributed by atoms with Crippen LogP contribution in [0.25, 0.3) is 0 Å². The van der Waals surface area contributed by atoms with Crippen molar-refractivity contribution < 1.29 is 14.3 Å². The zero-order valence-corrected chi connectivity index (χ0v) is 9.23. The van der Waals surface area contributed by atoms with Crippen LogP contribution in [0.2, 0.25) is 0 Å². The Bertz CT molecular complexity index is 423. The topological polar surface area (TPSA) is 61.2 Å². The first kappa shape index (κ1) is 10.9. The van der Waals surface area contributed by atoms with Crippen LogP contribution < -0.4 is 0 Å². The van der Waals surface area contributed by atoms with Crippen molar-refractivity contribution in [2.45, 2.75) is 32.7 Å². The molecule has 1 aliphatic carbocycles. The smallest absolute Gasteiger partial charge is 0.302 e. The molecule has 0 atom stereocenters. The van der Waals surface area contributed by atoms with Crippen LogP contribution >= 0.6 is 0 Å². The molecule has 0 radical (unpaired) electrons. The number of aromatic nitrogens is 2. The highest BCUT2D eigenvalue weighted by Gasteiger charge is 2.21. The summed E-state index contributed by atoms with van der Waals surface area (Å²) in [4.78, 5) is 22.1. The van der Waals surface area contributed by atoms with Gasteiger partial charge < -0.3 is 4.74 Å². The molecule has 0 saturated heterocycles. The second-order valence-corrected chi connectivity index (χ2v) is 3.84. The third-order valence-electron chi connectivity index (χ3n) is 2.67. The number of hydrogen-bond donors (Lipinski definition) is 0. The van der Waals surface area contributed by atoms with E-state index in [0.717, 1.165) is 24.1 Å². The lowest BCUT2D eigenvalue weighted by molar-refractivity contribution is -0.141. The Balaban J connectivity index is 2.05. The number of carbonyl (C=O) groups is 2. The summed E-state index contributed by atoms with van der Waals surface area (Å²) in [6, 6.07) is 0. The van der Waals surface area contributed by atoms with Gasteiger partial charge in [-0.1, -0.05) is 0 Å². The largest absolute Gasteiger partial charge is 0.464 e. The number of fused-ring (bicyclic) bond motifs is 1. The van der Waals surface area contributed by atoms with Gasteiger partial charge in [-0.25, -0.2) is 0 Å². The molecule has 1 aromatic rings. The molecule has 0 saturated carbocycles. The minimum absolute atomic E-state index is 0.167. The van der Waals surface area contributed by atoms with E-state index in [4.69, 9.17) is 4.74 Å². The molecule has 0 fully saturated rings. The Hall–Kier alpha value is -1.65. The number of Topliss-reactive ketones (excluding diaryl/α,β-unsaturated/α-hetero) is 1. The third-order valence-corrected chi connectivity index (χ3v) is 2.67. The Morgan fingerprint density at radius 2 is 2.38 bits per heavy atom. The fourth-order valence-corrected chi connectivity index (χ4v) is 1.93. The van der Waals surface area contributed by atoms with Crippen molar-refractivity contribution in [2.24, 2.45) is 0 Å². The minimum Gasteiger partial charge on any atom is -0.464 e. The van der Waals surface area contributed by atoms with Crippen LogP contribution in [0.1, 0.15) is 35.8 Å². The van der Waals surface area contributed by atoms with Gasteiger partial charge in [0.25, 0.3) is 0 Å². The van der Waals surface area contributed by atoms with E-state index in [1.807, 2.05) is 0 Å². The van der Waals surface area contributed by atoms with E-state index in [-0.39, 0.29) is 11.8 Å². The maximum absolute atomic E-state index is 11.5. The van der Waals surface area contributed by atoms with Crippen molar-refractivity contribution in [1.82, 2.24) is 9.78 Å². The lowest BCUT2D eigenvalue weighted by Gasteiger charge is -2.12. The molecule has 0 aliphatic heterocycles. The molecule has 0 amide bonds. The first-order valence-corrected chi connectivity index (χ1v) is 5.39. The lowest BCUT2D eigenvalue weighted by Crippen LogP contribution is -2.16. The molecule has 0 unspecified atom stereocenters. The predicted molar refractivity (Wildman–Crippen MR) is 56.1 cm³/mol. The summed E-state index contributed by atoms with van der Waals surface area (Å²) in [5.41, 5.74) is 1.71. The highest BCUT2D eigenvalue weighted by Crippen LogP contribution is 2.20. The summed E-state index contributed by atoms with van der Waals surface area (Å²) < 4.78 is 6.61. The predicted octanol–water partition coefficient (Wildman–Crippen LogP) is 0.965. The second-order valence-electron chi connectivity index (χ2n) is 3.84. The first-order chi connectivity index (χ1) is 7.68. The van der Waals surface area contributed by atoms with Gasteiger partial charge in [-0.2, -0.15) is 5.10 Å². The summed E-state index contributed by atoms with van der Waals surface area (Å²) >= 11 is 0. The fourth-order valence-electron chi connectivity index (χ4n) is 1.93. The minimum atomic E-state index is -0.294. The number of carbonyl (C=O) groups excluding carboxylic acids is 2. The molecule has 0 N–H and O–H groups in total. The summed E-state index contributed by atoms with van der Waals surface area (Å²) in [5.74, 6) is -0.128. The Morgan fingerprint density at radius 3 is 3.12 bits per heavy atom. The molecule has 1 aromatic heterocycles. The molecular formula is C11H14N2O3. The van der Waals surface area contributed by atoms with Gasteiger partial charge >= 0.3 is 5.97 Å². The summed E-state index contributed by atoms with van der Waals surface area (Å²) in [6.45, 7) is 2.20. The molecule has 5 nitrogen and oxygen atoms in total. The van der Waals surface area contributed by atoms with Crippen LogP contribution in [-0.2, 0) is 22.5 Å². The number of hydrogen-bond acceptors (Lipinski definition) is 4. The number of rotatable bonds is 3. The van der Waals surface area contributed by atoms with Gasteiger partial charge in [0.05, 0.1) is 18.3 Å². The van der Waals surface area contributed by atoms with Gasteiger partial charge in [-0.15, -0.1) is 0 Å². The molecule has 1 aliphatic rings. The van der Waals surface area contributed by atoms with Crippen molar-refractivity contribution in [3.05, 3.63) is 17.5 Å². The molecule has 16 heavy (non-hydrogen) atoms. The summed E-state index contributed by atoms with van der Waals surface area (Å²) in [7, 11) is 0. The molecule has 2 rings (SSSR count). The van der Waals surface area contributed by atoms with E-state index >= 15 is 0 Å². The number of ketones is 1. The molecule has 0 bridgehead atoms.